The van der Waals surface area contributed by atoms with E-state index in [1.165, 1.54) is 11.1 Å². The molecule has 0 aromatic heterocycles. The molecule has 0 spiro atoms. The highest BCUT2D eigenvalue weighted by atomic mass is 16.6. The fourth-order valence-electron chi connectivity index (χ4n) is 4.00. The number of ether oxygens (including phenoxy) is 1. The van der Waals surface area contributed by atoms with E-state index in [0.717, 1.165) is 22.6 Å². The molecule has 2 atom stereocenters. The van der Waals surface area contributed by atoms with Gasteiger partial charge in [0.25, 0.3) is 0 Å². The molecular weight excluding hydrogens is 338 g/mol. The van der Waals surface area contributed by atoms with E-state index in [2.05, 4.69) is 41.9 Å². The SMILES string of the molecule is Oc1ccc2c(c1)OCC(c1ccccc1)C2c1ccc2c(c1)C=CNO2. The molecule has 3 aromatic rings. The van der Waals surface area contributed by atoms with E-state index in [1.54, 1.807) is 18.3 Å². The van der Waals surface area contributed by atoms with Gasteiger partial charge in [0.1, 0.15) is 11.5 Å². The highest BCUT2D eigenvalue weighted by Gasteiger charge is 2.34. The Morgan fingerprint density at radius 3 is 2.67 bits per heavy atom. The fraction of sp³-hybridized carbons (Fsp3) is 0.130. The van der Waals surface area contributed by atoms with Gasteiger partial charge < -0.3 is 14.7 Å². The van der Waals surface area contributed by atoms with Gasteiger partial charge in [-0.2, -0.15) is 0 Å². The van der Waals surface area contributed by atoms with Crippen molar-refractivity contribution in [2.45, 2.75) is 11.8 Å². The minimum Gasteiger partial charge on any atom is -0.508 e. The highest BCUT2D eigenvalue weighted by Crippen LogP contribution is 2.47. The molecule has 0 bridgehead atoms. The van der Waals surface area contributed by atoms with Crippen LogP contribution in [-0.2, 0) is 0 Å². The number of nitrogens with one attached hydrogen (secondary N) is 1. The smallest absolute Gasteiger partial charge is 0.162 e. The molecule has 2 N–H and O–H groups in total. The first kappa shape index (κ1) is 15.8. The van der Waals surface area contributed by atoms with Crippen molar-refractivity contribution in [1.29, 1.82) is 0 Å². The Morgan fingerprint density at radius 2 is 1.78 bits per heavy atom. The fourth-order valence-corrected chi connectivity index (χ4v) is 4.00. The average Bonchev–Trinajstić information content (AvgIpc) is 2.73. The van der Waals surface area contributed by atoms with Gasteiger partial charge in [0.15, 0.2) is 5.75 Å². The number of phenols is 1. The number of phenolic OH excluding ortho intramolecular Hbond substituents is 1. The number of fused-ring (bicyclic) bond motifs is 2. The molecule has 2 aliphatic heterocycles. The lowest BCUT2D eigenvalue weighted by molar-refractivity contribution is 0.238. The molecule has 2 unspecified atom stereocenters. The van der Waals surface area contributed by atoms with Crippen LogP contribution in [0.4, 0.5) is 0 Å². The largest absolute Gasteiger partial charge is 0.508 e. The van der Waals surface area contributed by atoms with Gasteiger partial charge in [-0.1, -0.05) is 42.5 Å². The van der Waals surface area contributed by atoms with Crippen molar-refractivity contribution in [3.63, 3.8) is 0 Å². The maximum atomic E-state index is 9.87. The summed E-state index contributed by atoms with van der Waals surface area (Å²) >= 11 is 0. The summed E-state index contributed by atoms with van der Waals surface area (Å²) in [4.78, 5) is 5.47. The van der Waals surface area contributed by atoms with Crippen LogP contribution in [0.25, 0.3) is 6.08 Å². The maximum absolute atomic E-state index is 9.87. The van der Waals surface area contributed by atoms with Crippen molar-refractivity contribution in [2.24, 2.45) is 0 Å². The second-order valence-electron chi connectivity index (χ2n) is 6.88. The van der Waals surface area contributed by atoms with Crippen LogP contribution >= 0.6 is 0 Å². The molecule has 4 nitrogen and oxygen atoms in total. The minimum atomic E-state index is 0.130. The van der Waals surface area contributed by atoms with Crippen molar-refractivity contribution in [3.8, 4) is 17.2 Å². The van der Waals surface area contributed by atoms with Crippen molar-refractivity contribution >= 4 is 6.08 Å². The summed E-state index contributed by atoms with van der Waals surface area (Å²) in [6.45, 7) is 0.566. The van der Waals surface area contributed by atoms with Gasteiger partial charge in [-0.05, 0) is 35.4 Å². The quantitative estimate of drug-likeness (QED) is 0.705. The first-order valence-corrected chi connectivity index (χ1v) is 9.03. The number of hydrogen-bond donors (Lipinski definition) is 2. The van der Waals surface area contributed by atoms with Crippen LogP contribution in [0.1, 0.15) is 34.1 Å². The second-order valence-corrected chi connectivity index (χ2v) is 6.88. The van der Waals surface area contributed by atoms with Gasteiger partial charge in [-0.3, -0.25) is 0 Å². The molecule has 3 aromatic carbocycles. The molecule has 0 saturated heterocycles. The zero-order valence-electron chi connectivity index (χ0n) is 14.6. The third-order valence-electron chi connectivity index (χ3n) is 5.27. The molecule has 0 fully saturated rings. The lowest BCUT2D eigenvalue weighted by Crippen LogP contribution is -2.25. The molecule has 5 rings (SSSR count). The van der Waals surface area contributed by atoms with Gasteiger partial charge >= 0.3 is 0 Å². The van der Waals surface area contributed by atoms with E-state index in [9.17, 15) is 5.11 Å². The van der Waals surface area contributed by atoms with Gasteiger partial charge in [0, 0.05) is 35.2 Å². The summed E-state index contributed by atoms with van der Waals surface area (Å²) in [5.41, 5.74) is 7.35. The number of hydrogen-bond acceptors (Lipinski definition) is 4. The van der Waals surface area contributed by atoms with E-state index in [0.29, 0.717) is 6.61 Å². The molecule has 2 aliphatic rings. The van der Waals surface area contributed by atoms with E-state index < -0.39 is 0 Å². The molecule has 134 valence electrons. The number of aromatic hydroxyl groups is 1. The minimum absolute atomic E-state index is 0.130. The van der Waals surface area contributed by atoms with Crippen LogP contribution in [0.15, 0.2) is 72.9 Å². The first-order valence-electron chi connectivity index (χ1n) is 9.03. The molecule has 4 heteroatoms. The Morgan fingerprint density at radius 1 is 0.889 bits per heavy atom. The summed E-state index contributed by atoms with van der Waals surface area (Å²) in [5.74, 6) is 2.10. The molecule has 0 amide bonds. The van der Waals surface area contributed by atoms with Crippen LogP contribution in [0.2, 0.25) is 0 Å². The second kappa shape index (κ2) is 6.40. The Balaban J connectivity index is 1.66. The van der Waals surface area contributed by atoms with Crippen LogP contribution in [0.3, 0.4) is 0 Å². The molecule has 27 heavy (non-hydrogen) atoms. The van der Waals surface area contributed by atoms with Crippen molar-refractivity contribution < 1.29 is 14.7 Å². The molecular formula is C23H19NO3. The Kier molecular flexibility index (Phi) is 3.75. The highest BCUT2D eigenvalue weighted by molar-refractivity contribution is 5.61. The Bertz CT molecular complexity index is 1010. The zero-order chi connectivity index (χ0) is 18.2. The molecule has 2 heterocycles. The standard InChI is InChI=1S/C23H19NO3/c25-18-7-8-19-22(13-18)26-14-20(15-4-2-1-3-5-15)23(19)17-6-9-21-16(12-17)10-11-24-27-21/h1-13,20,23-25H,14H2. The monoisotopic (exact) mass is 357 g/mol. The first-order chi connectivity index (χ1) is 13.3. The number of benzene rings is 3. The molecule has 0 aliphatic carbocycles. The van der Waals surface area contributed by atoms with Crippen LogP contribution in [-0.4, -0.2) is 11.7 Å². The summed E-state index contributed by atoms with van der Waals surface area (Å²) in [6, 6.07) is 22.1. The van der Waals surface area contributed by atoms with Gasteiger partial charge in [-0.15, -0.1) is 0 Å². The topological polar surface area (TPSA) is 50.7 Å². The van der Waals surface area contributed by atoms with Gasteiger partial charge in [0.2, 0.25) is 0 Å². The van der Waals surface area contributed by atoms with E-state index in [1.807, 2.05) is 24.3 Å². The summed E-state index contributed by atoms with van der Waals surface area (Å²) in [5, 5.41) is 9.87. The Labute approximate surface area is 157 Å². The summed E-state index contributed by atoms with van der Waals surface area (Å²) in [7, 11) is 0. The molecule has 0 radical (unpaired) electrons. The summed E-state index contributed by atoms with van der Waals surface area (Å²) in [6.07, 6.45) is 3.80. The van der Waals surface area contributed by atoms with Crippen molar-refractivity contribution in [1.82, 2.24) is 5.48 Å². The van der Waals surface area contributed by atoms with Crippen LogP contribution in [0, 0.1) is 0 Å². The van der Waals surface area contributed by atoms with Crippen molar-refractivity contribution in [2.75, 3.05) is 6.61 Å². The normalized spacial score (nSPS) is 19.9. The lowest BCUT2D eigenvalue weighted by atomic mass is 9.75. The third kappa shape index (κ3) is 2.79. The van der Waals surface area contributed by atoms with Crippen LogP contribution < -0.4 is 15.1 Å². The molecule has 0 saturated carbocycles. The predicted molar refractivity (Wildman–Crippen MR) is 104 cm³/mol. The number of rotatable bonds is 2. The van der Waals surface area contributed by atoms with Gasteiger partial charge in [-0.25, -0.2) is 5.48 Å². The Hall–Kier alpha value is -3.40. The predicted octanol–water partition coefficient (Wildman–Crippen LogP) is 4.57. The zero-order valence-corrected chi connectivity index (χ0v) is 14.6. The van der Waals surface area contributed by atoms with E-state index in [-0.39, 0.29) is 17.6 Å². The summed E-state index contributed by atoms with van der Waals surface area (Å²) < 4.78 is 6.03. The third-order valence-corrected chi connectivity index (χ3v) is 5.27. The lowest BCUT2D eigenvalue weighted by Gasteiger charge is -2.35. The van der Waals surface area contributed by atoms with Crippen LogP contribution in [0.5, 0.6) is 17.2 Å². The maximum Gasteiger partial charge on any atom is 0.162 e. The average molecular weight is 357 g/mol. The van der Waals surface area contributed by atoms with Crippen molar-refractivity contribution in [3.05, 3.63) is 95.2 Å². The van der Waals surface area contributed by atoms with Gasteiger partial charge in [0.05, 0.1) is 6.61 Å². The van der Waals surface area contributed by atoms with E-state index >= 15 is 0 Å². The number of hydroxylamine groups is 1. The van der Waals surface area contributed by atoms with E-state index in [4.69, 9.17) is 9.57 Å².